The van der Waals surface area contributed by atoms with E-state index in [4.69, 9.17) is 11.6 Å². The summed E-state index contributed by atoms with van der Waals surface area (Å²) in [5, 5.41) is 6.42. The smallest absolute Gasteiger partial charge is 0.237 e. The van der Waals surface area contributed by atoms with E-state index in [0.717, 1.165) is 23.7 Å². The van der Waals surface area contributed by atoms with Crippen molar-refractivity contribution in [2.45, 2.75) is 24.3 Å². The number of benzene rings is 1. The van der Waals surface area contributed by atoms with Crippen LogP contribution in [0.1, 0.15) is 13.3 Å². The van der Waals surface area contributed by atoms with Crippen molar-refractivity contribution in [2.24, 2.45) is 0 Å². The molecule has 0 saturated carbocycles. The standard InChI is InChI=1S/C16H22ClN3O2S/c1-2-20-9-7-19-16(22)14(20)11-15(21)18-8-10-23-13-5-3-12(17)4-6-13/h3-6,14H,2,7-11H2,1H3,(H,18,21)(H,19,22). The fourth-order valence-corrected chi connectivity index (χ4v) is 3.39. The van der Waals surface area contributed by atoms with E-state index in [0.29, 0.717) is 18.1 Å². The van der Waals surface area contributed by atoms with Crippen LogP contribution >= 0.6 is 23.4 Å². The molecule has 23 heavy (non-hydrogen) atoms. The molecule has 126 valence electrons. The van der Waals surface area contributed by atoms with Gasteiger partial charge in [-0.2, -0.15) is 0 Å². The first kappa shape index (κ1) is 18.1. The molecular weight excluding hydrogens is 334 g/mol. The summed E-state index contributed by atoms with van der Waals surface area (Å²) in [6, 6.07) is 7.27. The zero-order chi connectivity index (χ0) is 16.7. The van der Waals surface area contributed by atoms with Gasteiger partial charge in [0, 0.05) is 35.3 Å². The lowest BCUT2D eigenvalue weighted by molar-refractivity contribution is -0.133. The number of thioether (sulfide) groups is 1. The minimum Gasteiger partial charge on any atom is -0.355 e. The first-order chi connectivity index (χ1) is 11.1. The Balaban J connectivity index is 1.70. The van der Waals surface area contributed by atoms with E-state index in [9.17, 15) is 9.59 Å². The number of carbonyl (C=O) groups excluding carboxylic acids is 2. The largest absolute Gasteiger partial charge is 0.355 e. The Morgan fingerprint density at radius 3 is 2.87 bits per heavy atom. The number of amides is 2. The van der Waals surface area contributed by atoms with Gasteiger partial charge in [0.15, 0.2) is 0 Å². The number of hydrogen-bond donors (Lipinski definition) is 2. The lowest BCUT2D eigenvalue weighted by Crippen LogP contribution is -2.56. The van der Waals surface area contributed by atoms with E-state index in [1.165, 1.54) is 0 Å². The number of nitrogens with one attached hydrogen (secondary N) is 2. The summed E-state index contributed by atoms with van der Waals surface area (Å²) in [5.41, 5.74) is 0. The first-order valence-corrected chi connectivity index (χ1v) is 9.13. The molecule has 0 aromatic heterocycles. The number of carbonyl (C=O) groups is 2. The molecule has 1 unspecified atom stereocenters. The minimum atomic E-state index is -0.349. The molecule has 0 bridgehead atoms. The maximum Gasteiger partial charge on any atom is 0.237 e. The molecule has 1 atom stereocenters. The maximum atomic E-state index is 12.0. The molecule has 1 fully saturated rings. The highest BCUT2D eigenvalue weighted by molar-refractivity contribution is 7.99. The highest BCUT2D eigenvalue weighted by Crippen LogP contribution is 2.19. The van der Waals surface area contributed by atoms with Crippen LogP contribution in [-0.2, 0) is 9.59 Å². The molecule has 1 heterocycles. The summed E-state index contributed by atoms with van der Waals surface area (Å²) >= 11 is 7.50. The fraction of sp³-hybridized carbons (Fsp3) is 0.500. The lowest BCUT2D eigenvalue weighted by Gasteiger charge is -2.33. The van der Waals surface area contributed by atoms with Crippen LogP contribution in [0.2, 0.25) is 5.02 Å². The molecule has 2 N–H and O–H groups in total. The third-order valence-electron chi connectivity index (χ3n) is 3.73. The quantitative estimate of drug-likeness (QED) is 0.578. The fourth-order valence-electron chi connectivity index (χ4n) is 2.50. The number of halogens is 1. The molecular formula is C16H22ClN3O2S. The Bertz CT molecular complexity index is 539. The van der Waals surface area contributed by atoms with E-state index in [1.54, 1.807) is 11.8 Å². The Morgan fingerprint density at radius 2 is 2.17 bits per heavy atom. The van der Waals surface area contributed by atoms with E-state index in [2.05, 4.69) is 10.6 Å². The van der Waals surface area contributed by atoms with Crippen LogP contribution in [0.4, 0.5) is 0 Å². The molecule has 1 aromatic carbocycles. The van der Waals surface area contributed by atoms with Crippen LogP contribution in [0.25, 0.3) is 0 Å². The minimum absolute atomic E-state index is 0.0520. The van der Waals surface area contributed by atoms with Gasteiger partial charge in [0.05, 0.1) is 12.5 Å². The predicted octanol–water partition coefficient (Wildman–Crippen LogP) is 1.76. The second-order valence-corrected chi connectivity index (χ2v) is 6.90. The van der Waals surface area contributed by atoms with Gasteiger partial charge in [-0.25, -0.2) is 0 Å². The lowest BCUT2D eigenvalue weighted by atomic mass is 10.1. The molecule has 1 aliphatic rings. The molecule has 1 aliphatic heterocycles. The van der Waals surface area contributed by atoms with Crippen molar-refractivity contribution in [1.29, 1.82) is 0 Å². The van der Waals surface area contributed by atoms with Gasteiger partial charge in [-0.15, -0.1) is 11.8 Å². The Labute approximate surface area is 146 Å². The second-order valence-electron chi connectivity index (χ2n) is 5.29. The van der Waals surface area contributed by atoms with E-state index >= 15 is 0 Å². The van der Waals surface area contributed by atoms with Crippen molar-refractivity contribution in [1.82, 2.24) is 15.5 Å². The van der Waals surface area contributed by atoms with Crippen LogP contribution < -0.4 is 10.6 Å². The van der Waals surface area contributed by atoms with E-state index in [-0.39, 0.29) is 24.3 Å². The maximum absolute atomic E-state index is 12.0. The summed E-state index contributed by atoms with van der Waals surface area (Å²) in [7, 11) is 0. The van der Waals surface area contributed by atoms with Gasteiger partial charge in [0.2, 0.25) is 11.8 Å². The number of rotatable bonds is 7. The van der Waals surface area contributed by atoms with Crippen LogP contribution in [-0.4, -0.2) is 54.7 Å². The summed E-state index contributed by atoms with van der Waals surface area (Å²) in [5.74, 6) is 0.646. The first-order valence-electron chi connectivity index (χ1n) is 7.77. The normalized spacial score (nSPS) is 18.5. The van der Waals surface area contributed by atoms with Crippen molar-refractivity contribution in [3.8, 4) is 0 Å². The van der Waals surface area contributed by atoms with Crippen LogP contribution in [0.15, 0.2) is 29.2 Å². The Morgan fingerprint density at radius 1 is 1.43 bits per heavy atom. The Hall–Kier alpha value is -1.24. The molecule has 5 nitrogen and oxygen atoms in total. The van der Waals surface area contributed by atoms with Gasteiger partial charge in [0.1, 0.15) is 0 Å². The SMILES string of the molecule is CCN1CCNC(=O)C1CC(=O)NCCSc1ccc(Cl)cc1. The summed E-state index contributed by atoms with van der Waals surface area (Å²) in [4.78, 5) is 27.1. The molecule has 0 spiro atoms. The van der Waals surface area contributed by atoms with E-state index < -0.39 is 0 Å². The van der Waals surface area contributed by atoms with Gasteiger partial charge in [0.25, 0.3) is 0 Å². The van der Waals surface area contributed by atoms with Gasteiger partial charge in [-0.05, 0) is 30.8 Å². The number of nitrogens with zero attached hydrogens (tertiary/aromatic N) is 1. The van der Waals surface area contributed by atoms with Crippen molar-refractivity contribution >= 4 is 35.2 Å². The molecule has 7 heteroatoms. The third kappa shape index (κ3) is 5.71. The van der Waals surface area contributed by atoms with Crippen molar-refractivity contribution in [3.63, 3.8) is 0 Å². The molecule has 0 radical (unpaired) electrons. The zero-order valence-electron chi connectivity index (χ0n) is 13.2. The predicted molar refractivity (Wildman–Crippen MR) is 93.8 cm³/mol. The van der Waals surface area contributed by atoms with E-state index in [1.807, 2.05) is 36.1 Å². The number of likely N-dealkylation sites (N-methyl/N-ethyl adjacent to an activating group) is 1. The summed E-state index contributed by atoms with van der Waals surface area (Å²) in [6.07, 6.45) is 0.214. The molecule has 1 aromatic rings. The van der Waals surface area contributed by atoms with Gasteiger partial charge >= 0.3 is 0 Å². The molecule has 1 saturated heterocycles. The Kier molecular flexibility index (Phi) is 7.20. The van der Waals surface area contributed by atoms with Crippen LogP contribution in [0.5, 0.6) is 0 Å². The second kappa shape index (κ2) is 9.15. The number of hydrogen-bond acceptors (Lipinski definition) is 4. The summed E-state index contributed by atoms with van der Waals surface area (Å²) < 4.78 is 0. The molecule has 2 rings (SSSR count). The monoisotopic (exact) mass is 355 g/mol. The van der Waals surface area contributed by atoms with Gasteiger partial charge < -0.3 is 10.6 Å². The molecule has 0 aliphatic carbocycles. The van der Waals surface area contributed by atoms with Crippen molar-refractivity contribution < 1.29 is 9.59 Å². The zero-order valence-corrected chi connectivity index (χ0v) is 14.8. The molecule has 2 amide bonds. The average Bonchev–Trinajstić information content (AvgIpc) is 2.55. The van der Waals surface area contributed by atoms with Crippen LogP contribution in [0, 0.1) is 0 Å². The van der Waals surface area contributed by atoms with Crippen molar-refractivity contribution in [2.75, 3.05) is 31.9 Å². The number of piperazine rings is 1. The highest BCUT2D eigenvalue weighted by Gasteiger charge is 2.30. The average molecular weight is 356 g/mol. The van der Waals surface area contributed by atoms with Crippen LogP contribution in [0.3, 0.4) is 0 Å². The third-order valence-corrected chi connectivity index (χ3v) is 5.00. The van der Waals surface area contributed by atoms with Crippen molar-refractivity contribution in [3.05, 3.63) is 29.3 Å². The topological polar surface area (TPSA) is 61.4 Å². The summed E-state index contributed by atoms with van der Waals surface area (Å²) in [6.45, 7) is 4.81. The highest BCUT2D eigenvalue weighted by atomic mass is 35.5. The van der Waals surface area contributed by atoms with Gasteiger partial charge in [-0.3, -0.25) is 14.5 Å². The van der Waals surface area contributed by atoms with Gasteiger partial charge in [-0.1, -0.05) is 18.5 Å².